The van der Waals surface area contributed by atoms with Crippen molar-refractivity contribution in [3.05, 3.63) is 54.1 Å². The molecule has 3 aromatic rings. The molecule has 0 unspecified atom stereocenters. The minimum absolute atomic E-state index is 0.149. The Labute approximate surface area is 125 Å². The van der Waals surface area contributed by atoms with Crippen LogP contribution >= 0.6 is 0 Å². The van der Waals surface area contributed by atoms with Gasteiger partial charge in [-0.2, -0.15) is 0 Å². The lowest BCUT2D eigenvalue weighted by molar-refractivity contribution is 0.661. The summed E-state index contributed by atoms with van der Waals surface area (Å²) < 4.78 is 5.40. The first-order valence-corrected chi connectivity index (χ1v) is 6.05. The van der Waals surface area contributed by atoms with Gasteiger partial charge in [0.25, 0.3) is 0 Å². The average molecular weight is 312 g/mol. The zero-order chi connectivity index (χ0) is 16.6. The Hall–Kier alpha value is -3.69. The van der Waals surface area contributed by atoms with Gasteiger partial charge in [0.05, 0.1) is 10.8 Å². The Balaban J connectivity index is 2.62. The van der Waals surface area contributed by atoms with E-state index in [1.54, 1.807) is 0 Å². The van der Waals surface area contributed by atoms with Crippen molar-refractivity contribution in [3.8, 4) is 0 Å². The minimum Gasteiger partial charge on any atom is -0.451 e. The lowest BCUT2D eigenvalue weighted by atomic mass is 10.1. The van der Waals surface area contributed by atoms with E-state index >= 15 is 0 Å². The van der Waals surface area contributed by atoms with Crippen molar-refractivity contribution in [2.24, 2.45) is 20.7 Å². The fourth-order valence-corrected chi connectivity index (χ4v) is 2.24. The molecule has 0 aliphatic heterocycles. The van der Waals surface area contributed by atoms with Crippen LogP contribution in [-0.2, 0) is 0 Å². The highest BCUT2D eigenvalue weighted by atomic mass is 16.3. The second-order valence-electron chi connectivity index (χ2n) is 4.48. The summed E-state index contributed by atoms with van der Waals surface area (Å²) in [5.74, 6) is 0. The highest BCUT2D eigenvalue weighted by Crippen LogP contribution is 2.36. The molecule has 0 N–H and O–H groups in total. The number of fused-ring (bicyclic) bond motifs is 2. The van der Waals surface area contributed by atoms with E-state index in [4.69, 9.17) is 4.42 Å². The van der Waals surface area contributed by atoms with Gasteiger partial charge in [-0.25, -0.2) is 0 Å². The van der Waals surface area contributed by atoms with Gasteiger partial charge in [-0.15, -0.1) is 19.6 Å². The lowest BCUT2D eigenvalue weighted by Gasteiger charge is -2.04. The molecule has 0 fully saturated rings. The first-order chi connectivity index (χ1) is 11.1. The Morgan fingerprint density at radius 1 is 0.652 bits per heavy atom. The van der Waals surface area contributed by atoms with Crippen molar-refractivity contribution < 1.29 is 4.42 Å². The Morgan fingerprint density at radius 2 is 1.09 bits per heavy atom. The van der Waals surface area contributed by atoms with Crippen LogP contribution in [0.25, 0.3) is 21.9 Å². The van der Waals surface area contributed by atoms with E-state index in [0.717, 1.165) is 24.3 Å². The molecule has 0 radical (unpaired) electrons. The molecule has 0 spiro atoms. The molecule has 3 rings (SSSR count). The van der Waals surface area contributed by atoms with Gasteiger partial charge < -0.3 is 4.42 Å². The van der Waals surface area contributed by atoms with Crippen LogP contribution in [0.2, 0.25) is 0 Å². The smallest absolute Gasteiger partial charge is 0.200 e. The van der Waals surface area contributed by atoms with E-state index in [2.05, 4.69) is 20.7 Å². The van der Waals surface area contributed by atoms with Crippen LogP contribution in [0, 0.1) is 19.6 Å². The number of rotatable bonds is 4. The fourth-order valence-electron chi connectivity index (χ4n) is 2.24. The van der Waals surface area contributed by atoms with Crippen LogP contribution in [0.15, 0.2) is 54.2 Å². The van der Waals surface area contributed by atoms with Gasteiger partial charge in [-0.05, 0) is 32.8 Å². The molecule has 0 bridgehead atoms. The number of hydrogen-bond acceptors (Lipinski definition) is 10. The summed E-state index contributed by atoms with van der Waals surface area (Å²) in [7, 11) is 0. The lowest BCUT2D eigenvalue weighted by Crippen LogP contribution is -2.02. The molecule has 10 heteroatoms. The largest absolute Gasteiger partial charge is 0.451 e. The van der Waals surface area contributed by atoms with E-state index in [0.29, 0.717) is 0 Å². The molecule has 0 aliphatic carbocycles. The fraction of sp³-hybridized carbons (Fsp3) is 0. The van der Waals surface area contributed by atoms with Crippen molar-refractivity contribution in [2.45, 2.75) is 0 Å². The maximum Gasteiger partial charge on any atom is 0.200 e. The zero-order valence-corrected chi connectivity index (χ0v) is 11.0. The molecule has 0 amide bonds. The summed E-state index contributed by atoms with van der Waals surface area (Å²) in [5.41, 5.74) is -2.18. The maximum atomic E-state index is 12.5. The standard InChI is InChI=1S/C13H4N4O6/c18-11-7-1-5(14-19)3-9(16-21)12(7)23-13-8(11)2-6(15-20)4-10(13)17-22/h1-4H. The Kier molecular flexibility index (Phi) is 3.26. The number of benzene rings is 2. The van der Waals surface area contributed by atoms with Crippen LogP contribution < -0.4 is 5.43 Å². The van der Waals surface area contributed by atoms with E-state index in [-0.39, 0.29) is 44.7 Å². The van der Waals surface area contributed by atoms with E-state index in [1.165, 1.54) is 0 Å². The number of nitroso groups, excluding NO2 is 4. The van der Waals surface area contributed by atoms with Crippen molar-refractivity contribution in [1.29, 1.82) is 0 Å². The van der Waals surface area contributed by atoms with E-state index in [9.17, 15) is 24.4 Å². The predicted octanol–water partition coefficient (Wildman–Crippen LogP) is 4.54. The van der Waals surface area contributed by atoms with Crippen LogP contribution in [-0.4, -0.2) is 0 Å². The highest BCUT2D eigenvalue weighted by Gasteiger charge is 2.18. The van der Waals surface area contributed by atoms with Gasteiger partial charge in [-0.3, -0.25) is 4.79 Å². The molecule has 2 aromatic carbocycles. The molecule has 1 heterocycles. The second-order valence-corrected chi connectivity index (χ2v) is 4.48. The quantitative estimate of drug-likeness (QED) is 0.510. The second kappa shape index (κ2) is 5.26. The van der Waals surface area contributed by atoms with Gasteiger partial charge in [0.15, 0.2) is 22.5 Å². The molecule has 0 saturated heterocycles. The van der Waals surface area contributed by atoms with Crippen molar-refractivity contribution in [2.75, 3.05) is 0 Å². The summed E-state index contributed by atoms with van der Waals surface area (Å²) in [4.78, 5) is 55.6. The average Bonchev–Trinajstić information content (AvgIpc) is 2.60. The third-order valence-electron chi connectivity index (χ3n) is 3.21. The SMILES string of the molecule is O=Nc1cc(N=O)c2oc3c(N=O)cc(N=O)cc3c(=O)c2c1. The summed E-state index contributed by atoms with van der Waals surface area (Å²) >= 11 is 0. The Morgan fingerprint density at radius 3 is 1.43 bits per heavy atom. The number of hydrogen-bond donors (Lipinski definition) is 0. The van der Waals surface area contributed by atoms with Crippen molar-refractivity contribution in [1.82, 2.24) is 0 Å². The van der Waals surface area contributed by atoms with E-state index in [1.807, 2.05) is 0 Å². The van der Waals surface area contributed by atoms with E-state index < -0.39 is 5.43 Å². The van der Waals surface area contributed by atoms with Crippen LogP contribution in [0.1, 0.15) is 0 Å². The predicted molar refractivity (Wildman–Crippen MR) is 81.8 cm³/mol. The molecule has 23 heavy (non-hydrogen) atoms. The van der Waals surface area contributed by atoms with Crippen molar-refractivity contribution in [3.63, 3.8) is 0 Å². The van der Waals surface area contributed by atoms with Gasteiger partial charge >= 0.3 is 0 Å². The zero-order valence-electron chi connectivity index (χ0n) is 11.0. The first kappa shape index (κ1) is 14.3. The normalized spacial score (nSPS) is 10.6. The topological polar surface area (TPSA) is 148 Å². The number of nitrogens with zero attached hydrogens (tertiary/aromatic N) is 4. The molecular formula is C13H4N4O6. The Bertz CT molecular complexity index is 991. The van der Waals surface area contributed by atoms with Gasteiger partial charge in [0.1, 0.15) is 11.4 Å². The molecule has 10 nitrogen and oxygen atoms in total. The maximum absolute atomic E-state index is 12.5. The summed E-state index contributed by atoms with van der Waals surface area (Å²) in [6, 6.07) is 4.29. The molecule has 0 aliphatic rings. The van der Waals surface area contributed by atoms with Gasteiger partial charge in [-0.1, -0.05) is 0 Å². The van der Waals surface area contributed by atoms with Crippen LogP contribution in [0.4, 0.5) is 22.7 Å². The molecule has 0 atom stereocenters. The van der Waals surface area contributed by atoms with Crippen LogP contribution in [0.3, 0.4) is 0 Å². The first-order valence-electron chi connectivity index (χ1n) is 6.05. The third kappa shape index (κ3) is 2.09. The molecule has 0 saturated carbocycles. The van der Waals surface area contributed by atoms with Crippen LogP contribution in [0.5, 0.6) is 0 Å². The molecule has 112 valence electrons. The summed E-state index contributed by atoms with van der Waals surface area (Å²) in [6.45, 7) is 0. The monoisotopic (exact) mass is 312 g/mol. The summed E-state index contributed by atoms with van der Waals surface area (Å²) in [6.07, 6.45) is 0. The van der Waals surface area contributed by atoms with Gasteiger partial charge in [0, 0.05) is 12.1 Å². The highest BCUT2D eigenvalue weighted by molar-refractivity contribution is 6.00. The molecule has 1 aromatic heterocycles. The van der Waals surface area contributed by atoms with Gasteiger partial charge in [0.2, 0.25) is 5.43 Å². The minimum atomic E-state index is -0.688. The summed E-state index contributed by atoms with van der Waals surface area (Å²) in [5, 5.41) is 10.4. The third-order valence-corrected chi connectivity index (χ3v) is 3.21. The molecular weight excluding hydrogens is 308 g/mol. The van der Waals surface area contributed by atoms with Crippen molar-refractivity contribution >= 4 is 44.7 Å².